The fourth-order valence-corrected chi connectivity index (χ4v) is 2.21. The molecule has 1 aromatic heterocycles. The van der Waals surface area contributed by atoms with Crippen LogP contribution in [0.3, 0.4) is 0 Å². The average Bonchev–Trinajstić information content (AvgIpc) is 2.65. The van der Waals surface area contributed by atoms with Gasteiger partial charge in [-0.25, -0.2) is 0 Å². The van der Waals surface area contributed by atoms with Gasteiger partial charge in [-0.3, -0.25) is 14.3 Å². The van der Waals surface area contributed by atoms with Crippen molar-refractivity contribution in [3.63, 3.8) is 0 Å². The first-order chi connectivity index (χ1) is 9.31. The summed E-state index contributed by atoms with van der Waals surface area (Å²) in [6.45, 7) is 6.28. The molecule has 1 atom stereocenters. The lowest BCUT2D eigenvalue weighted by atomic mass is 9.94. The number of nitrogens with zero attached hydrogens (tertiary/aromatic N) is 2. The van der Waals surface area contributed by atoms with Crippen LogP contribution in [0.4, 0.5) is 0 Å². The van der Waals surface area contributed by atoms with Crippen LogP contribution in [0.25, 0.3) is 0 Å². The summed E-state index contributed by atoms with van der Waals surface area (Å²) in [6.07, 6.45) is 2.38. The van der Waals surface area contributed by atoms with Gasteiger partial charge in [0.1, 0.15) is 0 Å². The van der Waals surface area contributed by atoms with Crippen LogP contribution in [0.15, 0.2) is 6.20 Å². The first-order valence-electron chi connectivity index (χ1n) is 6.79. The van der Waals surface area contributed by atoms with E-state index < -0.39 is 5.97 Å². The summed E-state index contributed by atoms with van der Waals surface area (Å²) < 4.78 is 1.64. The standard InChI is InChI=1S/C14H23N3O3/c1-9(2)5-11(6-13(18)19)7-15-14(20)12-8-16-17(4)10(12)3/h8-9,11H,5-7H2,1-4H3,(H,15,20)(H,18,19)/t11-/m0/s1. The maximum Gasteiger partial charge on any atom is 0.303 e. The number of carbonyl (C=O) groups is 2. The molecule has 0 unspecified atom stereocenters. The maximum atomic E-state index is 12.0. The van der Waals surface area contributed by atoms with Crippen molar-refractivity contribution < 1.29 is 14.7 Å². The fourth-order valence-electron chi connectivity index (χ4n) is 2.21. The number of nitrogens with one attached hydrogen (secondary N) is 1. The smallest absolute Gasteiger partial charge is 0.303 e. The van der Waals surface area contributed by atoms with E-state index >= 15 is 0 Å². The number of carboxylic acid groups (broad SMARTS) is 1. The van der Waals surface area contributed by atoms with Crippen molar-refractivity contribution in [1.82, 2.24) is 15.1 Å². The summed E-state index contributed by atoms with van der Waals surface area (Å²) in [7, 11) is 1.78. The van der Waals surface area contributed by atoms with Crippen LogP contribution < -0.4 is 5.32 Å². The van der Waals surface area contributed by atoms with E-state index in [9.17, 15) is 9.59 Å². The van der Waals surface area contributed by atoms with Crippen LogP contribution in [0, 0.1) is 18.8 Å². The van der Waals surface area contributed by atoms with Crippen molar-refractivity contribution >= 4 is 11.9 Å². The summed E-state index contributed by atoms with van der Waals surface area (Å²) in [5.41, 5.74) is 1.33. The molecule has 6 nitrogen and oxygen atoms in total. The maximum absolute atomic E-state index is 12.0. The number of rotatable bonds is 7. The van der Waals surface area contributed by atoms with E-state index in [1.165, 1.54) is 6.20 Å². The Balaban J connectivity index is 2.60. The number of aliphatic carboxylic acids is 1. The van der Waals surface area contributed by atoms with E-state index in [1.54, 1.807) is 11.7 Å². The Morgan fingerprint density at radius 1 is 1.45 bits per heavy atom. The van der Waals surface area contributed by atoms with E-state index in [1.807, 2.05) is 20.8 Å². The Morgan fingerprint density at radius 2 is 2.10 bits per heavy atom. The summed E-state index contributed by atoms with van der Waals surface area (Å²) >= 11 is 0. The zero-order valence-electron chi connectivity index (χ0n) is 12.5. The number of carbonyl (C=O) groups excluding carboxylic acids is 1. The van der Waals surface area contributed by atoms with Crippen LogP contribution in [-0.4, -0.2) is 33.3 Å². The minimum atomic E-state index is -0.831. The second-order valence-corrected chi connectivity index (χ2v) is 5.57. The molecule has 1 amide bonds. The largest absolute Gasteiger partial charge is 0.481 e. The van der Waals surface area contributed by atoms with Gasteiger partial charge in [-0.15, -0.1) is 0 Å². The highest BCUT2D eigenvalue weighted by molar-refractivity contribution is 5.95. The van der Waals surface area contributed by atoms with E-state index in [0.29, 0.717) is 18.0 Å². The van der Waals surface area contributed by atoms with Gasteiger partial charge in [0.2, 0.25) is 0 Å². The van der Waals surface area contributed by atoms with Gasteiger partial charge in [-0.1, -0.05) is 13.8 Å². The fraction of sp³-hybridized carbons (Fsp3) is 0.643. The van der Waals surface area contributed by atoms with Gasteiger partial charge >= 0.3 is 5.97 Å². The Kier molecular flexibility index (Phi) is 5.73. The molecule has 0 saturated carbocycles. The van der Waals surface area contributed by atoms with Gasteiger partial charge in [-0.2, -0.15) is 5.10 Å². The van der Waals surface area contributed by atoms with Gasteiger partial charge in [0.05, 0.1) is 11.8 Å². The third-order valence-electron chi connectivity index (χ3n) is 3.30. The molecule has 0 fully saturated rings. The SMILES string of the molecule is Cc1c(C(=O)NC[C@H](CC(=O)O)CC(C)C)cnn1C. The van der Waals surface area contributed by atoms with E-state index in [2.05, 4.69) is 10.4 Å². The molecule has 1 heterocycles. The topological polar surface area (TPSA) is 84.2 Å². The molecule has 1 rings (SSSR count). The van der Waals surface area contributed by atoms with Crippen molar-refractivity contribution in [2.75, 3.05) is 6.54 Å². The number of hydrogen-bond acceptors (Lipinski definition) is 3. The molecule has 0 saturated heterocycles. The normalized spacial score (nSPS) is 12.4. The molecule has 1 aromatic rings. The van der Waals surface area contributed by atoms with E-state index in [-0.39, 0.29) is 18.2 Å². The van der Waals surface area contributed by atoms with Crippen molar-refractivity contribution in [2.45, 2.75) is 33.6 Å². The number of carboxylic acids is 1. The Hall–Kier alpha value is -1.85. The third kappa shape index (κ3) is 4.68. The lowest BCUT2D eigenvalue weighted by Crippen LogP contribution is -2.31. The van der Waals surface area contributed by atoms with Crippen LogP contribution in [-0.2, 0) is 11.8 Å². The molecule has 0 bridgehead atoms. The highest BCUT2D eigenvalue weighted by atomic mass is 16.4. The molecule has 6 heteroatoms. The van der Waals surface area contributed by atoms with Crippen LogP contribution in [0.2, 0.25) is 0 Å². The predicted octanol–water partition coefficient (Wildman–Crippen LogP) is 1.60. The van der Waals surface area contributed by atoms with Crippen LogP contribution >= 0.6 is 0 Å². The molecule has 20 heavy (non-hydrogen) atoms. The summed E-state index contributed by atoms with van der Waals surface area (Å²) in [5, 5.41) is 15.7. The number of amides is 1. The highest BCUT2D eigenvalue weighted by Gasteiger charge is 2.18. The highest BCUT2D eigenvalue weighted by Crippen LogP contribution is 2.15. The third-order valence-corrected chi connectivity index (χ3v) is 3.30. The molecule has 2 N–H and O–H groups in total. The first kappa shape index (κ1) is 16.2. The average molecular weight is 281 g/mol. The Bertz CT molecular complexity index is 480. The number of aromatic nitrogens is 2. The van der Waals surface area contributed by atoms with Gasteiger partial charge in [0.25, 0.3) is 5.91 Å². The minimum Gasteiger partial charge on any atom is -0.481 e. The van der Waals surface area contributed by atoms with Gasteiger partial charge in [0.15, 0.2) is 0 Å². The monoisotopic (exact) mass is 281 g/mol. The Labute approximate surface area is 119 Å². The molecular formula is C14H23N3O3. The van der Waals surface area contributed by atoms with E-state index in [4.69, 9.17) is 5.11 Å². The molecular weight excluding hydrogens is 258 g/mol. The van der Waals surface area contributed by atoms with Gasteiger partial charge in [0, 0.05) is 25.7 Å². The molecule has 0 spiro atoms. The Morgan fingerprint density at radius 3 is 2.55 bits per heavy atom. The molecule has 112 valence electrons. The van der Waals surface area contributed by atoms with Crippen molar-refractivity contribution in [2.24, 2.45) is 18.9 Å². The van der Waals surface area contributed by atoms with Crippen molar-refractivity contribution in [1.29, 1.82) is 0 Å². The lowest BCUT2D eigenvalue weighted by molar-refractivity contribution is -0.138. The zero-order valence-corrected chi connectivity index (χ0v) is 12.5. The van der Waals surface area contributed by atoms with Gasteiger partial charge in [-0.05, 0) is 25.2 Å². The van der Waals surface area contributed by atoms with Crippen LogP contribution in [0.5, 0.6) is 0 Å². The lowest BCUT2D eigenvalue weighted by Gasteiger charge is -2.17. The minimum absolute atomic E-state index is 0.0478. The van der Waals surface area contributed by atoms with E-state index in [0.717, 1.165) is 12.1 Å². The quantitative estimate of drug-likeness (QED) is 0.795. The second-order valence-electron chi connectivity index (χ2n) is 5.57. The molecule has 0 aliphatic carbocycles. The van der Waals surface area contributed by atoms with Gasteiger partial charge < -0.3 is 10.4 Å². The molecule has 0 aromatic carbocycles. The number of hydrogen-bond donors (Lipinski definition) is 2. The second kappa shape index (κ2) is 7.07. The zero-order chi connectivity index (χ0) is 15.3. The molecule has 0 radical (unpaired) electrons. The summed E-state index contributed by atoms with van der Waals surface area (Å²) in [5.74, 6) is -0.679. The predicted molar refractivity (Wildman–Crippen MR) is 75.5 cm³/mol. The van der Waals surface area contributed by atoms with Crippen molar-refractivity contribution in [3.8, 4) is 0 Å². The van der Waals surface area contributed by atoms with Crippen LogP contribution in [0.1, 0.15) is 42.7 Å². The summed E-state index contributed by atoms with van der Waals surface area (Å²) in [4.78, 5) is 22.9. The first-order valence-corrected chi connectivity index (χ1v) is 6.79. The summed E-state index contributed by atoms with van der Waals surface area (Å²) in [6, 6.07) is 0. The molecule has 0 aliphatic heterocycles. The molecule has 0 aliphatic rings. The van der Waals surface area contributed by atoms with Crippen molar-refractivity contribution in [3.05, 3.63) is 17.5 Å². The number of aryl methyl sites for hydroxylation is 1.